The first kappa shape index (κ1) is 65.9. The van der Waals surface area contributed by atoms with Crippen molar-refractivity contribution in [2.45, 2.75) is 0 Å². The third kappa shape index (κ3) is 10.2. The van der Waals surface area contributed by atoms with Crippen molar-refractivity contribution in [2.24, 2.45) is 0 Å². The van der Waals surface area contributed by atoms with Crippen LogP contribution in [0, 0.1) is 0 Å². The number of fused-ring (bicyclic) bond motifs is 22. The van der Waals surface area contributed by atoms with Crippen molar-refractivity contribution in [3.8, 4) is 89.5 Å². The predicted octanol–water partition coefficient (Wildman–Crippen LogP) is 31.0. The van der Waals surface area contributed by atoms with Crippen LogP contribution >= 0.6 is 0 Å². The van der Waals surface area contributed by atoms with Gasteiger partial charge < -0.3 is 18.3 Å². The summed E-state index contributed by atoms with van der Waals surface area (Å²) < 4.78 is 9.76. The molecule has 4 heteroatoms. The van der Waals surface area contributed by atoms with Gasteiger partial charge in [0.25, 0.3) is 0 Å². The SMILES string of the molecule is c1ccc(-n2c3ccccc3c3ccc(-c4ccc5c(c4)c4cc(-c6ccc7c8ccccc8c8c(-c9ccc(-c%10ccc(-n%11c%12ccc(-c%13ccc%14c%15ccccc%15n(-c%15ccccc%15)c%14c%13)cc%12c%12cc(-c%13cc%14ccccc%14c%14ccccc%13%14)ccc%12%11)cc%10)cc9)cccc8c7c6)ccc4n5-c4ccc5ccccc5c4)cc32)cc1. The summed E-state index contributed by atoms with van der Waals surface area (Å²) in [6.45, 7) is 0. The minimum absolute atomic E-state index is 1.11. The Balaban J connectivity index is 0.584. The van der Waals surface area contributed by atoms with Crippen LogP contribution in [0.1, 0.15) is 0 Å². The summed E-state index contributed by atoms with van der Waals surface area (Å²) in [7, 11) is 0. The van der Waals surface area contributed by atoms with Crippen LogP contribution in [0.3, 0.4) is 0 Å². The molecule has 25 rings (SSSR count). The molecule has 0 aliphatic heterocycles. The fourth-order valence-electron chi connectivity index (χ4n) is 20.0. The van der Waals surface area contributed by atoms with Crippen molar-refractivity contribution in [3.05, 3.63) is 425 Å². The first-order chi connectivity index (χ1) is 58.5. The van der Waals surface area contributed by atoms with Crippen LogP contribution in [0.15, 0.2) is 425 Å². The minimum atomic E-state index is 1.11. The smallest absolute Gasteiger partial charge is 0.0547 e. The van der Waals surface area contributed by atoms with Gasteiger partial charge in [-0.3, -0.25) is 0 Å². The normalized spacial score (nSPS) is 12.1. The second kappa shape index (κ2) is 26.0. The first-order valence-electron chi connectivity index (χ1n) is 40.8. The molecule has 21 aromatic carbocycles. The number of hydrogen-bond acceptors (Lipinski definition) is 0. The lowest BCUT2D eigenvalue weighted by molar-refractivity contribution is 1.18. The van der Waals surface area contributed by atoms with Crippen LogP contribution in [-0.2, 0) is 0 Å². The molecule has 0 aliphatic carbocycles. The van der Waals surface area contributed by atoms with Crippen LogP contribution in [0.5, 0.6) is 0 Å². The minimum Gasteiger partial charge on any atom is -0.309 e. The molecule has 0 atom stereocenters. The molecule has 4 nitrogen and oxygen atoms in total. The standard InChI is InChI=1S/C114H70N4/c1-3-23-84(24-4-1)116-106-36-17-15-31-94(106)96-56-46-80(69-112(96)116)78-49-58-108-104(66-78)105-68-83(100-67-82-22-9-10-27-88(82)90-28-11-12-30-92(90)100)51-61-109(105)115(108)86-52-42-73(43-53-86)72-38-40-74(41-39-72)89-34-19-35-99-101-63-76(45-55-93(101)91-29-13-14-33-98(91)114(89)99)77-48-59-110-102(64-77)103-65-79(50-60-111(103)118(110)87-54-44-71-20-7-8-21-75(71)62-87)81-47-57-97-95-32-16-18-37-107(95)117(113(97)70-81)85-25-5-2-6-26-85/h1-70H. The Labute approximate surface area is 679 Å². The molecular formula is C114H70N4. The molecule has 0 saturated carbocycles. The van der Waals surface area contributed by atoms with Gasteiger partial charge in [0.2, 0.25) is 0 Å². The van der Waals surface area contributed by atoms with Crippen molar-refractivity contribution in [2.75, 3.05) is 0 Å². The maximum absolute atomic E-state index is 2.47. The molecule has 25 aromatic rings. The molecule has 0 saturated heterocycles. The van der Waals surface area contributed by atoms with Crippen molar-refractivity contribution in [3.63, 3.8) is 0 Å². The molecule has 0 bridgehead atoms. The maximum Gasteiger partial charge on any atom is 0.0547 e. The fourth-order valence-corrected chi connectivity index (χ4v) is 20.0. The number of benzene rings is 21. The number of hydrogen-bond donors (Lipinski definition) is 0. The van der Waals surface area contributed by atoms with Crippen LogP contribution in [0.2, 0.25) is 0 Å². The third-order valence-corrected chi connectivity index (χ3v) is 25.5. The van der Waals surface area contributed by atoms with Gasteiger partial charge in [-0.15, -0.1) is 0 Å². The molecule has 0 aliphatic rings. The molecule has 4 heterocycles. The molecule has 118 heavy (non-hydrogen) atoms. The van der Waals surface area contributed by atoms with E-state index in [1.807, 2.05) is 0 Å². The predicted molar refractivity (Wildman–Crippen MR) is 501 cm³/mol. The average molecular weight is 1500 g/mol. The van der Waals surface area contributed by atoms with Crippen LogP contribution in [0.4, 0.5) is 0 Å². The van der Waals surface area contributed by atoms with E-state index in [2.05, 4.69) is 443 Å². The van der Waals surface area contributed by atoms with Crippen LogP contribution in [0.25, 0.3) is 241 Å². The van der Waals surface area contributed by atoms with E-state index in [0.29, 0.717) is 0 Å². The van der Waals surface area contributed by atoms with E-state index in [9.17, 15) is 0 Å². The maximum atomic E-state index is 2.47. The van der Waals surface area contributed by atoms with Gasteiger partial charge in [0.1, 0.15) is 0 Å². The van der Waals surface area contributed by atoms with E-state index in [1.165, 1.54) is 196 Å². The monoisotopic (exact) mass is 1490 g/mol. The molecule has 0 amide bonds. The van der Waals surface area contributed by atoms with E-state index >= 15 is 0 Å². The van der Waals surface area contributed by atoms with E-state index in [1.54, 1.807) is 0 Å². The van der Waals surface area contributed by atoms with Crippen LogP contribution in [-0.4, -0.2) is 18.3 Å². The highest BCUT2D eigenvalue weighted by Gasteiger charge is 2.23. The van der Waals surface area contributed by atoms with Gasteiger partial charge in [-0.2, -0.15) is 0 Å². The zero-order valence-electron chi connectivity index (χ0n) is 64.2. The fraction of sp³-hybridized carbons (Fsp3) is 0. The number of para-hydroxylation sites is 4. The molecule has 0 spiro atoms. The number of aromatic nitrogens is 4. The Kier molecular flexibility index (Phi) is 14.5. The van der Waals surface area contributed by atoms with Crippen LogP contribution < -0.4 is 0 Å². The molecular weight excluding hydrogens is 1430 g/mol. The Bertz CT molecular complexity index is 8530. The first-order valence-corrected chi connectivity index (χ1v) is 40.8. The van der Waals surface area contributed by atoms with E-state index in [0.717, 1.165) is 44.9 Å². The average Bonchev–Trinajstić information content (AvgIpc) is 0.999. The quantitative estimate of drug-likeness (QED) is 0.122. The molecule has 0 fully saturated rings. The number of nitrogens with zero attached hydrogens (tertiary/aromatic N) is 4. The summed E-state index contributed by atoms with van der Waals surface area (Å²) in [5, 5.41) is 24.7. The lowest BCUT2D eigenvalue weighted by Crippen LogP contribution is -1.94. The van der Waals surface area contributed by atoms with Gasteiger partial charge in [-0.1, -0.05) is 291 Å². The van der Waals surface area contributed by atoms with E-state index in [4.69, 9.17) is 0 Å². The number of rotatable bonds is 10. The van der Waals surface area contributed by atoms with Gasteiger partial charge >= 0.3 is 0 Å². The Morgan fingerprint density at radius 2 is 0.449 bits per heavy atom. The van der Waals surface area contributed by atoms with Gasteiger partial charge in [0.05, 0.1) is 44.1 Å². The highest BCUT2D eigenvalue weighted by molar-refractivity contribution is 6.29. The highest BCUT2D eigenvalue weighted by Crippen LogP contribution is 2.47. The lowest BCUT2D eigenvalue weighted by atomic mass is 9.88. The largest absolute Gasteiger partial charge is 0.309 e. The second-order valence-corrected chi connectivity index (χ2v) is 31.8. The zero-order chi connectivity index (χ0) is 77.2. The summed E-state index contributed by atoms with van der Waals surface area (Å²) in [6.07, 6.45) is 0. The summed E-state index contributed by atoms with van der Waals surface area (Å²) in [6, 6.07) is 159. The molecule has 0 radical (unpaired) electrons. The van der Waals surface area contributed by atoms with E-state index < -0.39 is 0 Å². The van der Waals surface area contributed by atoms with E-state index in [-0.39, 0.29) is 0 Å². The van der Waals surface area contributed by atoms with Gasteiger partial charge in [0.15, 0.2) is 0 Å². The molecule has 0 unspecified atom stereocenters. The summed E-state index contributed by atoms with van der Waals surface area (Å²) >= 11 is 0. The summed E-state index contributed by atoms with van der Waals surface area (Å²) in [5.41, 5.74) is 28.2. The van der Waals surface area contributed by atoms with Crippen molar-refractivity contribution < 1.29 is 0 Å². The lowest BCUT2D eigenvalue weighted by Gasteiger charge is -2.16. The Hall–Kier alpha value is -15.6. The second-order valence-electron chi connectivity index (χ2n) is 31.8. The summed E-state index contributed by atoms with van der Waals surface area (Å²) in [4.78, 5) is 0. The summed E-state index contributed by atoms with van der Waals surface area (Å²) in [5.74, 6) is 0. The van der Waals surface area contributed by atoms with Crippen molar-refractivity contribution in [1.29, 1.82) is 0 Å². The topological polar surface area (TPSA) is 19.7 Å². The van der Waals surface area contributed by atoms with Gasteiger partial charge in [-0.05, 0) is 265 Å². The molecule has 546 valence electrons. The van der Waals surface area contributed by atoms with Gasteiger partial charge in [0, 0.05) is 65.8 Å². The Morgan fingerprint density at radius 3 is 1.02 bits per heavy atom. The zero-order valence-corrected chi connectivity index (χ0v) is 64.2. The third-order valence-electron chi connectivity index (χ3n) is 25.5. The van der Waals surface area contributed by atoms with Crippen molar-refractivity contribution in [1.82, 2.24) is 18.3 Å². The van der Waals surface area contributed by atoms with Crippen molar-refractivity contribution >= 4 is 152 Å². The molecule has 4 aromatic heterocycles. The molecule has 0 N–H and O–H groups in total. The highest BCUT2D eigenvalue weighted by atomic mass is 15.0. The van der Waals surface area contributed by atoms with Gasteiger partial charge in [-0.25, -0.2) is 0 Å². The Morgan fingerprint density at radius 1 is 0.119 bits per heavy atom.